The lowest BCUT2D eigenvalue weighted by atomic mass is 10.1. The number of aromatic nitrogens is 2. The minimum Gasteiger partial charge on any atom is -0.461 e. The molecule has 0 bridgehead atoms. The van der Waals surface area contributed by atoms with Crippen molar-refractivity contribution in [3.8, 4) is 0 Å². The van der Waals surface area contributed by atoms with Crippen LogP contribution in [0.25, 0.3) is 0 Å². The van der Waals surface area contributed by atoms with Gasteiger partial charge in [-0.3, -0.25) is 19.1 Å². The Kier molecular flexibility index (Phi) is 4.82. The molecule has 25 heavy (non-hydrogen) atoms. The molecule has 0 radical (unpaired) electrons. The topological polar surface area (TPSA) is 112 Å². The molecule has 1 aromatic rings. The highest BCUT2D eigenvalue weighted by Crippen LogP contribution is 2.42. The van der Waals surface area contributed by atoms with Gasteiger partial charge in [-0.25, -0.2) is 0 Å². The second-order valence-corrected chi connectivity index (χ2v) is 6.80. The van der Waals surface area contributed by atoms with Crippen LogP contribution in [0.2, 0.25) is 0 Å². The Balaban J connectivity index is 1.95. The van der Waals surface area contributed by atoms with E-state index in [1.165, 1.54) is 17.7 Å². The fourth-order valence-electron chi connectivity index (χ4n) is 3.03. The van der Waals surface area contributed by atoms with Gasteiger partial charge in [0.15, 0.2) is 16.8 Å². The first kappa shape index (κ1) is 18.2. The van der Waals surface area contributed by atoms with Crippen molar-refractivity contribution in [2.45, 2.75) is 57.7 Å². The maximum absolute atomic E-state index is 12.0. The van der Waals surface area contributed by atoms with Gasteiger partial charge in [0.05, 0.1) is 12.2 Å². The third kappa shape index (κ3) is 3.53. The molecular formula is C15H20N2O7S. The van der Waals surface area contributed by atoms with Crippen molar-refractivity contribution >= 4 is 18.2 Å². The molecule has 2 fully saturated rings. The van der Waals surface area contributed by atoms with Gasteiger partial charge in [-0.05, 0) is 26.1 Å². The highest BCUT2D eigenvalue weighted by atomic mass is 32.1. The van der Waals surface area contributed by atoms with Crippen LogP contribution < -0.4 is 5.56 Å². The summed E-state index contributed by atoms with van der Waals surface area (Å²) in [6, 6.07) is 0. The van der Waals surface area contributed by atoms with E-state index in [-0.39, 0.29) is 23.5 Å². The van der Waals surface area contributed by atoms with Gasteiger partial charge in [-0.15, -0.1) is 0 Å². The molecule has 0 saturated carbocycles. The third-order valence-corrected chi connectivity index (χ3v) is 4.36. The number of aliphatic hydroxyl groups is 1. The number of rotatable bonds is 4. The van der Waals surface area contributed by atoms with E-state index in [2.05, 4.69) is 4.98 Å². The number of nitrogens with one attached hydrogen (secondary N) is 1. The fraction of sp³-hybridized carbons (Fsp3) is 0.667. The number of nitrogens with zero attached hydrogens (tertiary/aromatic N) is 1. The van der Waals surface area contributed by atoms with E-state index >= 15 is 0 Å². The summed E-state index contributed by atoms with van der Waals surface area (Å²) in [5, 5.41) is 9.55. The molecule has 2 aliphatic rings. The van der Waals surface area contributed by atoms with Crippen LogP contribution in [-0.4, -0.2) is 51.3 Å². The van der Waals surface area contributed by atoms with Crippen molar-refractivity contribution in [1.29, 1.82) is 0 Å². The van der Waals surface area contributed by atoms with Gasteiger partial charge in [-0.1, -0.05) is 0 Å². The molecule has 10 heteroatoms. The predicted molar refractivity (Wildman–Crippen MR) is 86.2 cm³/mol. The van der Waals surface area contributed by atoms with Gasteiger partial charge >= 0.3 is 5.97 Å². The highest BCUT2D eigenvalue weighted by Gasteiger charge is 2.55. The quantitative estimate of drug-likeness (QED) is 0.576. The zero-order chi connectivity index (χ0) is 18.4. The summed E-state index contributed by atoms with van der Waals surface area (Å²) in [6.07, 6.45) is -0.769. The SMILES string of the molecule is CC(=O)OCc1cn([C@@H]2O[C@H](CO)[C@H]3OC(C)(C)O[C@H]32)c(=S)[nH]c1=O. The van der Waals surface area contributed by atoms with Crippen LogP contribution in [0.15, 0.2) is 11.0 Å². The first-order valence-electron chi connectivity index (χ1n) is 7.81. The van der Waals surface area contributed by atoms with Gasteiger partial charge in [0.25, 0.3) is 5.56 Å². The van der Waals surface area contributed by atoms with Crippen LogP contribution in [0.1, 0.15) is 32.6 Å². The maximum atomic E-state index is 12.0. The Morgan fingerprint density at radius 3 is 2.76 bits per heavy atom. The van der Waals surface area contributed by atoms with Gasteiger partial charge in [-0.2, -0.15) is 0 Å². The minimum absolute atomic E-state index is 0.132. The molecule has 3 heterocycles. The van der Waals surface area contributed by atoms with Crippen molar-refractivity contribution in [1.82, 2.24) is 9.55 Å². The molecule has 0 aliphatic carbocycles. The summed E-state index contributed by atoms with van der Waals surface area (Å²) in [5.41, 5.74) is -0.228. The van der Waals surface area contributed by atoms with Crippen LogP contribution in [0.3, 0.4) is 0 Å². The molecule has 3 rings (SSSR count). The number of aromatic amines is 1. The van der Waals surface area contributed by atoms with Crippen molar-refractivity contribution < 1.29 is 28.8 Å². The van der Waals surface area contributed by atoms with E-state index in [0.717, 1.165) is 0 Å². The number of carbonyl (C=O) groups excluding carboxylic acids is 1. The Morgan fingerprint density at radius 2 is 2.12 bits per heavy atom. The first-order chi connectivity index (χ1) is 11.7. The summed E-state index contributed by atoms with van der Waals surface area (Å²) in [6.45, 7) is 4.37. The molecule has 2 saturated heterocycles. The van der Waals surface area contributed by atoms with Crippen LogP contribution >= 0.6 is 12.2 Å². The summed E-state index contributed by atoms with van der Waals surface area (Å²) in [5.74, 6) is -1.32. The van der Waals surface area contributed by atoms with Crippen molar-refractivity contribution in [3.63, 3.8) is 0 Å². The maximum Gasteiger partial charge on any atom is 0.302 e. The molecule has 1 aromatic heterocycles. The number of carbonyl (C=O) groups is 1. The number of fused-ring (bicyclic) bond motifs is 1. The largest absolute Gasteiger partial charge is 0.461 e. The number of H-pyrrole nitrogens is 1. The van der Waals surface area contributed by atoms with E-state index < -0.39 is 41.9 Å². The van der Waals surface area contributed by atoms with Gasteiger partial charge < -0.3 is 24.1 Å². The number of hydrogen-bond acceptors (Lipinski definition) is 8. The average molecular weight is 372 g/mol. The van der Waals surface area contributed by atoms with Gasteiger partial charge in [0.2, 0.25) is 0 Å². The second-order valence-electron chi connectivity index (χ2n) is 6.41. The Labute approximate surface area is 148 Å². The molecular weight excluding hydrogens is 352 g/mol. The smallest absolute Gasteiger partial charge is 0.302 e. The third-order valence-electron chi connectivity index (χ3n) is 4.05. The normalized spacial score (nSPS) is 30.2. The Morgan fingerprint density at radius 1 is 1.44 bits per heavy atom. The summed E-state index contributed by atoms with van der Waals surface area (Å²) < 4.78 is 24.1. The summed E-state index contributed by atoms with van der Waals surface area (Å²) in [7, 11) is 0. The average Bonchev–Trinajstić information content (AvgIpc) is 2.99. The van der Waals surface area contributed by atoms with E-state index in [1.807, 2.05) is 0 Å². The van der Waals surface area contributed by atoms with Gasteiger partial charge in [0.1, 0.15) is 24.9 Å². The number of esters is 1. The van der Waals surface area contributed by atoms with E-state index in [4.69, 9.17) is 31.2 Å². The Bertz CT molecular complexity index is 787. The van der Waals surface area contributed by atoms with E-state index in [1.54, 1.807) is 13.8 Å². The summed E-state index contributed by atoms with van der Waals surface area (Å²) >= 11 is 5.22. The zero-order valence-electron chi connectivity index (χ0n) is 14.1. The lowest BCUT2D eigenvalue weighted by molar-refractivity contribution is -0.200. The number of hydrogen-bond donors (Lipinski definition) is 2. The van der Waals surface area contributed by atoms with Crippen molar-refractivity contribution in [3.05, 3.63) is 26.9 Å². The minimum atomic E-state index is -0.824. The standard InChI is InChI=1S/C15H20N2O7S/c1-7(19)21-6-8-4-17(14(25)16-12(8)20)13-11-10(9(5-18)22-13)23-15(2,3)24-11/h4,9-11,13,18H,5-6H2,1-3H3,(H,16,20,25)/t9-,10-,11-,13-/m1/s1. The number of ether oxygens (including phenoxy) is 4. The predicted octanol–water partition coefficient (Wildman–Crippen LogP) is 0.379. The second kappa shape index (κ2) is 6.61. The van der Waals surface area contributed by atoms with Crippen LogP contribution in [-0.2, 0) is 30.3 Å². The Hall–Kier alpha value is -1.59. The van der Waals surface area contributed by atoms with Crippen LogP contribution in [0.4, 0.5) is 0 Å². The molecule has 0 unspecified atom stereocenters. The fourth-order valence-corrected chi connectivity index (χ4v) is 3.28. The van der Waals surface area contributed by atoms with E-state index in [9.17, 15) is 14.7 Å². The lowest BCUT2D eigenvalue weighted by Gasteiger charge is -2.25. The molecule has 0 amide bonds. The zero-order valence-corrected chi connectivity index (χ0v) is 14.9. The monoisotopic (exact) mass is 372 g/mol. The van der Waals surface area contributed by atoms with Crippen LogP contribution in [0, 0.1) is 4.77 Å². The summed E-state index contributed by atoms with van der Waals surface area (Å²) in [4.78, 5) is 25.5. The molecule has 4 atom stereocenters. The molecule has 0 aromatic carbocycles. The van der Waals surface area contributed by atoms with Gasteiger partial charge in [0, 0.05) is 13.1 Å². The number of aliphatic hydroxyl groups excluding tert-OH is 1. The highest BCUT2D eigenvalue weighted by molar-refractivity contribution is 7.71. The lowest BCUT2D eigenvalue weighted by Crippen LogP contribution is -2.31. The van der Waals surface area contributed by atoms with E-state index in [0.29, 0.717) is 0 Å². The molecule has 2 N–H and O–H groups in total. The first-order valence-corrected chi connectivity index (χ1v) is 8.22. The molecule has 0 spiro atoms. The molecule has 9 nitrogen and oxygen atoms in total. The molecule has 2 aliphatic heterocycles. The molecule has 138 valence electrons. The van der Waals surface area contributed by atoms with Crippen LogP contribution in [0.5, 0.6) is 0 Å². The van der Waals surface area contributed by atoms with Crippen molar-refractivity contribution in [2.75, 3.05) is 6.61 Å². The van der Waals surface area contributed by atoms with Crippen molar-refractivity contribution in [2.24, 2.45) is 0 Å².